The molecule has 1 aromatic heterocycles. The van der Waals surface area contributed by atoms with E-state index < -0.39 is 17.5 Å². The second-order valence-electron chi connectivity index (χ2n) is 5.35. The lowest BCUT2D eigenvalue weighted by Crippen LogP contribution is -2.04. The monoisotopic (exact) mass is 312 g/mol. The van der Waals surface area contributed by atoms with Crippen LogP contribution in [-0.2, 0) is 0 Å². The van der Waals surface area contributed by atoms with E-state index in [4.69, 9.17) is 5.73 Å². The molecule has 1 aliphatic rings. The smallest absolute Gasteiger partial charge is 0.161 e. The van der Waals surface area contributed by atoms with Crippen LogP contribution in [0.1, 0.15) is 43.0 Å². The summed E-state index contributed by atoms with van der Waals surface area (Å²) in [7, 11) is 0. The SMILES string of the molecule is Nc1sc(C2CCCCC2)nc1-c1cc(F)c(F)cc1F. The summed E-state index contributed by atoms with van der Waals surface area (Å²) in [4.78, 5) is 4.40. The Morgan fingerprint density at radius 3 is 2.38 bits per heavy atom. The van der Waals surface area contributed by atoms with Crippen LogP contribution in [0, 0.1) is 17.5 Å². The summed E-state index contributed by atoms with van der Waals surface area (Å²) in [6.07, 6.45) is 5.62. The molecule has 0 atom stereocenters. The van der Waals surface area contributed by atoms with Crippen LogP contribution < -0.4 is 5.73 Å². The van der Waals surface area contributed by atoms with E-state index in [1.807, 2.05) is 0 Å². The van der Waals surface area contributed by atoms with Gasteiger partial charge in [-0.3, -0.25) is 0 Å². The summed E-state index contributed by atoms with van der Waals surface area (Å²) in [6.45, 7) is 0. The molecule has 0 bridgehead atoms. The van der Waals surface area contributed by atoms with E-state index in [2.05, 4.69) is 4.98 Å². The summed E-state index contributed by atoms with van der Waals surface area (Å²) in [5.41, 5.74) is 6.05. The van der Waals surface area contributed by atoms with E-state index in [0.29, 0.717) is 17.0 Å². The number of nitrogens with zero attached hydrogens (tertiary/aromatic N) is 1. The lowest BCUT2D eigenvalue weighted by molar-refractivity contribution is 0.442. The van der Waals surface area contributed by atoms with Crippen molar-refractivity contribution in [1.82, 2.24) is 4.98 Å². The zero-order valence-electron chi connectivity index (χ0n) is 11.3. The van der Waals surface area contributed by atoms with Gasteiger partial charge in [0.2, 0.25) is 0 Å². The number of nitrogen functional groups attached to an aromatic ring is 1. The molecule has 6 heteroatoms. The van der Waals surface area contributed by atoms with E-state index in [1.54, 1.807) is 0 Å². The van der Waals surface area contributed by atoms with Gasteiger partial charge in [0.15, 0.2) is 11.6 Å². The van der Waals surface area contributed by atoms with Gasteiger partial charge < -0.3 is 5.73 Å². The predicted molar refractivity (Wildman–Crippen MR) is 77.7 cm³/mol. The fraction of sp³-hybridized carbons (Fsp3) is 0.400. The largest absolute Gasteiger partial charge is 0.389 e. The third kappa shape index (κ3) is 2.77. The van der Waals surface area contributed by atoms with Crippen molar-refractivity contribution in [3.05, 3.63) is 34.6 Å². The van der Waals surface area contributed by atoms with Crippen molar-refractivity contribution < 1.29 is 13.2 Å². The van der Waals surface area contributed by atoms with Gasteiger partial charge in [-0.2, -0.15) is 0 Å². The van der Waals surface area contributed by atoms with Crippen LogP contribution in [-0.4, -0.2) is 4.98 Å². The second-order valence-corrected chi connectivity index (χ2v) is 6.41. The van der Waals surface area contributed by atoms with Crippen molar-refractivity contribution >= 4 is 16.3 Å². The molecular weight excluding hydrogens is 297 g/mol. The Morgan fingerprint density at radius 2 is 1.67 bits per heavy atom. The van der Waals surface area contributed by atoms with Crippen LogP contribution in [0.3, 0.4) is 0 Å². The van der Waals surface area contributed by atoms with Gasteiger partial charge in [-0.15, -0.1) is 11.3 Å². The van der Waals surface area contributed by atoms with E-state index in [0.717, 1.165) is 36.8 Å². The number of anilines is 1. The number of aromatic nitrogens is 1. The van der Waals surface area contributed by atoms with Crippen molar-refractivity contribution in [2.24, 2.45) is 0 Å². The maximum atomic E-state index is 13.9. The molecule has 0 radical (unpaired) electrons. The zero-order valence-corrected chi connectivity index (χ0v) is 12.2. The molecule has 2 N–H and O–H groups in total. The predicted octanol–water partition coefficient (Wildman–Crippen LogP) is 4.86. The first kappa shape index (κ1) is 14.4. The van der Waals surface area contributed by atoms with Gasteiger partial charge in [-0.25, -0.2) is 18.2 Å². The van der Waals surface area contributed by atoms with Crippen LogP contribution in [0.4, 0.5) is 18.2 Å². The number of hydrogen-bond donors (Lipinski definition) is 1. The quantitative estimate of drug-likeness (QED) is 0.805. The summed E-state index contributed by atoms with van der Waals surface area (Å²) in [5, 5.41) is 1.21. The minimum absolute atomic E-state index is 0.0790. The standard InChI is InChI=1S/C15H15F3N2S/c16-10-7-12(18)11(17)6-9(10)13-14(19)21-15(20-13)8-4-2-1-3-5-8/h6-8H,1-5,19H2. The number of benzene rings is 1. The Hall–Kier alpha value is -1.56. The van der Waals surface area contributed by atoms with Gasteiger partial charge in [-0.1, -0.05) is 19.3 Å². The summed E-state index contributed by atoms with van der Waals surface area (Å²) in [5.74, 6) is -2.81. The zero-order chi connectivity index (χ0) is 15.0. The highest BCUT2D eigenvalue weighted by Gasteiger charge is 2.23. The number of thiazole rings is 1. The highest BCUT2D eigenvalue weighted by atomic mass is 32.1. The lowest BCUT2D eigenvalue weighted by Gasteiger charge is -2.18. The van der Waals surface area contributed by atoms with Gasteiger partial charge in [0.05, 0.1) is 5.01 Å². The molecule has 2 nitrogen and oxygen atoms in total. The van der Waals surface area contributed by atoms with Crippen molar-refractivity contribution in [3.63, 3.8) is 0 Å². The van der Waals surface area contributed by atoms with Crippen molar-refractivity contribution in [2.75, 3.05) is 5.73 Å². The average molecular weight is 312 g/mol. The molecule has 112 valence electrons. The van der Waals surface area contributed by atoms with Crippen LogP contribution in [0.15, 0.2) is 12.1 Å². The van der Waals surface area contributed by atoms with Crippen molar-refractivity contribution in [1.29, 1.82) is 0 Å². The Kier molecular flexibility index (Phi) is 3.89. The highest BCUT2D eigenvalue weighted by molar-refractivity contribution is 7.16. The topological polar surface area (TPSA) is 38.9 Å². The molecule has 0 aliphatic heterocycles. The van der Waals surface area contributed by atoms with E-state index in [-0.39, 0.29) is 11.3 Å². The van der Waals surface area contributed by atoms with Gasteiger partial charge in [0.25, 0.3) is 0 Å². The fourth-order valence-corrected chi connectivity index (χ4v) is 3.79. The molecule has 1 saturated carbocycles. The van der Waals surface area contributed by atoms with Gasteiger partial charge >= 0.3 is 0 Å². The first-order valence-corrected chi connectivity index (χ1v) is 7.79. The Balaban J connectivity index is 1.99. The maximum Gasteiger partial charge on any atom is 0.161 e. The van der Waals surface area contributed by atoms with E-state index >= 15 is 0 Å². The summed E-state index contributed by atoms with van der Waals surface area (Å²) in [6, 6.07) is 1.35. The third-order valence-corrected chi connectivity index (χ3v) is 4.94. The van der Waals surface area contributed by atoms with E-state index in [1.165, 1.54) is 17.8 Å². The van der Waals surface area contributed by atoms with Gasteiger partial charge in [-0.05, 0) is 18.9 Å². The number of nitrogens with two attached hydrogens (primary N) is 1. The molecule has 0 saturated heterocycles. The lowest BCUT2D eigenvalue weighted by atomic mass is 9.90. The Labute approximate surface area is 124 Å². The Morgan fingerprint density at radius 1 is 1.00 bits per heavy atom. The minimum atomic E-state index is -1.21. The molecule has 1 heterocycles. The third-order valence-electron chi connectivity index (χ3n) is 3.89. The first-order valence-electron chi connectivity index (χ1n) is 6.97. The molecule has 1 aliphatic carbocycles. The second kappa shape index (κ2) is 5.67. The van der Waals surface area contributed by atoms with Crippen LogP contribution in [0.5, 0.6) is 0 Å². The maximum absolute atomic E-state index is 13.9. The number of halogens is 3. The van der Waals surface area contributed by atoms with Crippen LogP contribution >= 0.6 is 11.3 Å². The number of hydrogen-bond acceptors (Lipinski definition) is 3. The molecule has 3 rings (SSSR count). The molecular formula is C15H15F3N2S. The molecule has 21 heavy (non-hydrogen) atoms. The summed E-state index contributed by atoms with van der Waals surface area (Å²) < 4.78 is 40.2. The molecule has 0 spiro atoms. The highest BCUT2D eigenvalue weighted by Crippen LogP contribution is 2.40. The van der Waals surface area contributed by atoms with Gasteiger partial charge in [0.1, 0.15) is 16.5 Å². The fourth-order valence-electron chi connectivity index (χ4n) is 2.77. The molecule has 0 unspecified atom stereocenters. The first-order chi connectivity index (χ1) is 10.1. The van der Waals surface area contributed by atoms with Crippen LogP contribution in [0.2, 0.25) is 0 Å². The molecule has 0 amide bonds. The Bertz CT molecular complexity index is 663. The molecule has 1 fully saturated rings. The normalized spacial score (nSPS) is 16.3. The van der Waals surface area contributed by atoms with E-state index in [9.17, 15) is 13.2 Å². The minimum Gasteiger partial charge on any atom is -0.389 e. The van der Waals surface area contributed by atoms with Crippen molar-refractivity contribution in [2.45, 2.75) is 38.0 Å². The van der Waals surface area contributed by atoms with Gasteiger partial charge in [0, 0.05) is 17.5 Å². The number of rotatable bonds is 2. The average Bonchev–Trinajstić information content (AvgIpc) is 2.86. The molecule has 1 aromatic carbocycles. The summed E-state index contributed by atoms with van der Waals surface area (Å²) >= 11 is 1.32. The van der Waals surface area contributed by atoms with Crippen molar-refractivity contribution in [3.8, 4) is 11.3 Å². The molecule has 2 aromatic rings. The van der Waals surface area contributed by atoms with Crippen LogP contribution in [0.25, 0.3) is 11.3 Å².